The molecule has 2 heterocycles. The molecule has 14 heteroatoms. The van der Waals surface area contributed by atoms with Gasteiger partial charge in [-0.3, -0.25) is 4.72 Å². The fourth-order valence-corrected chi connectivity index (χ4v) is 6.13. The van der Waals surface area contributed by atoms with Crippen LogP contribution in [0.15, 0.2) is 59.8 Å². The minimum Gasteiger partial charge on any atom is -0.481 e. The number of carbonyl (C=O) groups excluding carboxylic acids is 1. The van der Waals surface area contributed by atoms with E-state index in [1.807, 2.05) is 0 Å². The Kier molecular flexibility index (Phi) is 8.59. The van der Waals surface area contributed by atoms with Crippen LogP contribution >= 0.6 is 11.6 Å². The molecular formula is C28H28ClFN6O5S. The summed E-state index contributed by atoms with van der Waals surface area (Å²) in [7, 11) is -1.74. The van der Waals surface area contributed by atoms with Gasteiger partial charge in [0.2, 0.25) is 16.9 Å². The van der Waals surface area contributed by atoms with Gasteiger partial charge in [-0.1, -0.05) is 29.8 Å². The second kappa shape index (κ2) is 12.3. The number of anilines is 2. The quantitative estimate of drug-likeness (QED) is 0.238. The van der Waals surface area contributed by atoms with Gasteiger partial charge < -0.3 is 20.1 Å². The molecule has 1 amide bonds. The summed E-state index contributed by atoms with van der Waals surface area (Å²) in [5.41, 5.74) is 1.55. The third kappa shape index (κ3) is 6.47. The number of methoxy groups -OCH3 is 2. The first-order chi connectivity index (χ1) is 20.2. The lowest BCUT2D eigenvalue weighted by atomic mass is 9.91. The number of pyridine rings is 1. The lowest BCUT2D eigenvalue weighted by molar-refractivity contribution is 0.162. The third-order valence-electron chi connectivity index (χ3n) is 6.93. The Bertz CT molecular complexity index is 1730. The minimum absolute atomic E-state index is 0.0771. The van der Waals surface area contributed by atoms with E-state index in [2.05, 4.69) is 35.0 Å². The number of aromatic nitrogens is 3. The first kappa shape index (κ1) is 29.3. The van der Waals surface area contributed by atoms with Crippen molar-refractivity contribution in [3.63, 3.8) is 0 Å². The summed E-state index contributed by atoms with van der Waals surface area (Å²) in [4.78, 5) is 24.5. The molecular weight excluding hydrogens is 587 g/mol. The van der Waals surface area contributed by atoms with Crippen LogP contribution in [0.4, 0.5) is 20.8 Å². The molecule has 0 spiro atoms. The van der Waals surface area contributed by atoms with Crippen molar-refractivity contribution in [1.82, 2.24) is 20.3 Å². The van der Waals surface area contributed by atoms with Gasteiger partial charge >= 0.3 is 6.09 Å². The fourth-order valence-electron chi connectivity index (χ4n) is 4.80. The van der Waals surface area contributed by atoms with Crippen molar-refractivity contribution in [1.29, 1.82) is 0 Å². The normalized spacial score (nSPS) is 17.0. The lowest BCUT2D eigenvalue weighted by Gasteiger charge is -2.29. The van der Waals surface area contributed by atoms with E-state index in [4.69, 9.17) is 16.3 Å². The first-order valence-electron chi connectivity index (χ1n) is 13.1. The predicted octanol–water partition coefficient (Wildman–Crippen LogP) is 5.37. The fraction of sp³-hybridized carbons (Fsp3) is 0.286. The second-order valence-corrected chi connectivity index (χ2v) is 11.7. The molecule has 0 atom stereocenters. The summed E-state index contributed by atoms with van der Waals surface area (Å²) in [5.74, 6) is -0.657. The van der Waals surface area contributed by atoms with Crippen LogP contribution < -0.4 is 20.1 Å². The zero-order valence-corrected chi connectivity index (χ0v) is 24.3. The van der Waals surface area contributed by atoms with Crippen molar-refractivity contribution < 1.29 is 27.1 Å². The maximum atomic E-state index is 15.2. The zero-order chi connectivity index (χ0) is 29.9. The van der Waals surface area contributed by atoms with E-state index in [0.717, 1.165) is 31.7 Å². The zero-order valence-electron chi connectivity index (χ0n) is 22.7. The highest BCUT2D eigenvalue weighted by molar-refractivity contribution is 7.92. The van der Waals surface area contributed by atoms with Gasteiger partial charge in [0.25, 0.3) is 10.0 Å². The van der Waals surface area contributed by atoms with E-state index in [1.54, 1.807) is 36.5 Å². The highest BCUT2D eigenvalue weighted by atomic mass is 35.5. The minimum atomic E-state index is -4.41. The van der Waals surface area contributed by atoms with E-state index >= 15 is 4.39 Å². The number of amides is 1. The number of halogens is 2. The molecule has 2 aromatic carbocycles. The molecule has 0 radical (unpaired) electrons. The molecule has 1 saturated carbocycles. The molecule has 11 nitrogen and oxygen atoms in total. The monoisotopic (exact) mass is 614 g/mol. The number of hydrogen-bond acceptors (Lipinski definition) is 9. The molecule has 42 heavy (non-hydrogen) atoms. The summed E-state index contributed by atoms with van der Waals surface area (Å²) >= 11 is 6.06. The standard InChI is InChI=1S/C28H28ClFN6O5S/c1-40-25-20(14-22(30)26(35-25)42(38,39)36-24-6-4-3-5-21(24)29)16-7-12-23-17(13-16)15-31-27(34-23)32-18-8-10-19(11-9-18)33-28(37)41-2/h3-7,12-15,18-19,36H,8-11H2,1-2H3,(H,33,37)(H,31,32,34). The number of ether oxygens (including phenoxy) is 2. The average Bonchev–Trinajstić information content (AvgIpc) is 2.98. The van der Waals surface area contributed by atoms with Crippen molar-refractivity contribution in [2.75, 3.05) is 24.3 Å². The molecule has 1 fully saturated rings. The van der Waals surface area contributed by atoms with E-state index in [-0.39, 0.29) is 34.2 Å². The number of nitrogens with one attached hydrogen (secondary N) is 3. The number of carbonyl (C=O) groups is 1. The van der Waals surface area contributed by atoms with Crippen molar-refractivity contribution >= 4 is 50.3 Å². The van der Waals surface area contributed by atoms with Crippen LogP contribution in [0.5, 0.6) is 5.88 Å². The number of rotatable bonds is 8. The average molecular weight is 615 g/mol. The van der Waals surface area contributed by atoms with Gasteiger partial charge in [0.15, 0.2) is 5.82 Å². The summed E-state index contributed by atoms with van der Waals surface area (Å²) in [6.45, 7) is 0. The Balaban J connectivity index is 1.34. The van der Waals surface area contributed by atoms with Gasteiger partial charge in [0.1, 0.15) is 0 Å². The molecule has 3 N–H and O–H groups in total. The topological polar surface area (TPSA) is 144 Å². The number of benzene rings is 2. The van der Waals surface area contributed by atoms with Crippen LogP contribution in [0.1, 0.15) is 25.7 Å². The number of sulfonamides is 1. The van der Waals surface area contributed by atoms with Crippen LogP contribution in [-0.2, 0) is 14.8 Å². The molecule has 220 valence electrons. The van der Waals surface area contributed by atoms with Crippen LogP contribution in [0, 0.1) is 5.82 Å². The summed E-state index contributed by atoms with van der Waals surface area (Å²) < 4.78 is 53.4. The number of para-hydroxylation sites is 1. The smallest absolute Gasteiger partial charge is 0.407 e. The van der Waals surface area contributed by atoms with Crippen molar-refractivity contribution in [3.8, 4) is 17.0 Å². The van der Waals surface area contributed by atoms with Gasteiger partial charge in [-0.15, -0.1) is 0 Å². The Hall–Kier alpha value is -4.23. The largest absolute Gasteiger partial charge is 0.481 e. The Morgan fingerprint density at radius 2 is 1.76 bits per heavy atom. The van der Waals surface area contributed by atoms with E-state index < -0.39 is 27.0 Å². The first-order valence-corrected chi connectivity index (χ1v) is 14.9. The maximum Gasteiger partial charge on any atom is 0.407 e. The number of hydrogen-bond donors (Lipinski definition) is 3. The van der Waals surface area contributed by atoms with Gasteiger partial charge in [0.05, 0.1) is 30.4 Å². The van der Waals surface area contributed by atoms with Crippen molar-refractivity contribution in [2.45, 2.75) is 42.8 Å². The molecule has 0 aliphatic heterocycles. The highest BCUT2D eigenvalue weighted by Gasteiger charge is 2.26. The SMILES string of the molecule is COC(=O)NC1CCC(Nc2ncc3cc(-c4cc(F)c(S(=O)(=O)Nc5ccccc5Cl)nc4OC)ccc3n2)CC1. The molecule has 1 aliphatic rings. The van der Waals surface area contributed by atoms with E-state index in [9.17, 15) is 13.2 Å². The van der Waals surface area contributed by atoms with Gasteiger partial charge in [-0.25, -0.2) is 19.2 Å². The van der Waals surface area contributed by atoms with Crippen LogP contribution in [0.2, 0.25) is 5.02 Å². The van der Waals surface area contributed by atoms with E-state index in [1.165, 1.54) is 26.4 Å². The predicted molar refractivity (Wildman–Crippen MR) is 157 cm³/mol. The second-order valence-electron chi connectivity index (χ2n) is 9.71. The van der Waals surface area contributed by atoms with Crippen molar-refractivity contribution in [2.24, 2.45) is 0 Å². The molecule has 1 aliphatic carbocycles. The molecule has 5 rings (SSSR count). The van der Waals surface area contributed by atoms with Gasteiger partial charge in [0, 0.05) is 29.2 Å². The highest BCUT2D eigenvalue weighted by Crippen LogP contribution is 2.34. The number of nitrogens with zero attached hydrogens (tertiary/aromatic N) is 3. The maximum absolute atomic E-state index is 15.2. The van der Waals surface area contributed by atoms with Crippen molar-refractivity contribution in [3.05, 3.63) is 65.6 Å². The Labute approximate surface area is 246 Å². The van der Waals surface area contributed by atoms with E-state index in [0.29, 0.717) is 22.4 Å². The van der Waals surface area contributed by atoms with Crippen LogP contribution in [0.25, 0.3) is 22.0 Å². The number of alkyl carbamates (subject to hydrolysis) is 1. The summed E-state index contributed by atoms with van der Waals surface area (Å²) in [6, 6.07) is 12.7. The Morgan fingerprint density at radius 1 is 1.02 bits per heavy atom. The van der Waals surface area contributed by atoms with Gasteiger partial charge in [-0.2, -0.15) is 13.4 Å². The van der Waals surface area contributed by atoms with Crippen LogP contribution in [-0.4, -0.2) is 55.8 Å². The number of fused-ring (bicyclic) bond motifs is 1. The summed E-state index contributed by atoms with van der Waals surface area (Å²) in [6.07, 6.45) is 4.53. The molecule has 0 saturated heterocycles. The lowest BCUT2D eigenvalue weighted by Crippen LogP contribution is -2.40. The molecule has 4 aromatic rings. The molecule has 0 bridgehead atoms. The molecule has 0 unspecified atom stereocenters. The Morgan fingerprint density at radius 3 is 2.48 bits per heavy atom. The van der Waals surface area contributed by atoms with Gasteiger partial charge in [-0.05, 0) is 61.6 Å². The molecule has 2 aromatic heterocycles. The summed E-state index contributed by atoms with van der Waals surface area (Å²) in [5, 5.41) is 6.21. The van der Waals surface area contributed by atoms with Crippen LogP contribution in [0.3, 0.4) is 0 Å². The third-order valence-corrected chi connectivity index (χ3v) is 8.55.